The summed E-state index contributed by atoms with van der Waals surface area (Å²) in [5.41, 5.74) is 1.86. The molecule has 1 aromatic heterocycles. The van der Waals surface area contributed by atoms with E-state index in [0.29, 0.717) is 29.5 Å². The Morgan fingerprint density at radius 3 is 2.67 bits per heavy atom. The monoisotopic (exact) mass is 464 g/mol. The molecule has 1 aliphatic rings. The highest BCUT2D eigenvalue weighted by Crippen LogP contribution is 2.31. The molecule has 0 spiro atoms. The Kier molecular flexibility index (Phi) is 6.38. The highest BCUT2D eigenvalue weighted by molar-refractivity contribution is 7.22. The Morgan fingerprint density at radius 1 is 1.10 bits per heavy atom. The van der Waals surface area contributed by atoms with E-state index < -0.39 is 5.91 Å². The highest BCUT2D eigenvalue weighted by atomic mass is 35.5. The van der Waals surface area contributed by atoms with Gasteiger partial charge in [0.15, 0.2) is 5.13 Å². The van der Waals surface area contributed by atoms with E-state index in [1.54, 1.807) is 23.5 Å². The van der Waals surface area contributed by atoms with Crippen LogP contribution in [0.15, 0.2) is 36.4 Å². The van der Waals surface area contributed by atoms with Gasteiger partial charge in [0.05, 0.1) is 40.0 Å². The summed E-state index contributed by atoms with van der Waals surface area (Å²) in [6, 6.07) is 10.1. The molecule has 7 nitrogen and oxygen atoms in total. The molecule has 2 N–H and O–H groups in total. The van der Waals surface area contributed by atoms with E-state index in [4.69, 9.17) is 27.9 Å². The normalized spacial score (nSPS) is 14.0. The predicted octanol–water partition coefficient (Wildman–Crippen LogP) is 3.81. The zero-order valence-corrected chi connectivity index (χ0v) is 18.1. The van der Waals surface area contributed by atoms with Crippen molar-refractivity contribution in [3.63, 3.8) is 0 Å². The molecule has 0 aliphatic carbocycles. The van der Waals surface area contributed by atoms with Gasteiger partial charge in [-0.25, -0.2) is 4.98 Å². The fourth-order valence-electron chi connectivity index (χ4n) is 2.99. The molecule has 2 aromatic carbocycles. The molecule has 1 aliphatic heterocycles. The summed E-state index contributed by atoms with van der Waals surface area (Å²) in [7, 11) is 0. The van der Waals surface area contributed by atoms with Crippen LogP contribution in [0.25, 0.3) is 10.2 Å². The molecule has 0 atom stereocenters. The minimum Gasteiger partial charge on any atom is -0.378 e. The molecule has 30 heavy (non-hydrogen) atoms. The second kappa shape index (κ2) is 9.18. The Bertz CT molecular complexity index is 1100. The minimum atomic E-state index is -0.406. The number of ether oxygens (including phenoxy) is 1. The van der Waals surface area contributed by atoms with Crippen molar-refractivity contribution in [3.05, 3.63) is 52.0 Å². The van der Waals surface area contributed by atoms with Gasteiger partial charge in [-0.2, -0.15) is 0 Å². The van der Waals surface area contributed by atoms with Crippen molar-refractivity contribution in [3.8, 4) is 0 Å². The summed E-state index contributed by atoms with van der Waals surface area (Å²) in [6.45, 7) is 2.87. The zero-order chi connectivity index (χ0) is 21.1. The first kappa shape index (κ1) is 20.9. The second-order valence-corrected chi connectivity index (χ2v) is 8.46. The van der Waals surface area contributed by atoms with Gasteiger partial charge in [-0.15, -0.1) is 0 Å². The first-order valence-corrected chi connectivity index (χ1v) is 10.8. The molecule has 3 aromatic rings. The number of thiazole rings is 1. The highest BCUT2D eigenvalue weighted by Gasteiger charge is 2.16. The number of anilines is 2. The number of nitrogens with zero attached hydrogens (tertiary/aromatic N) is 2. The van der Waals surface area contributed by atoms with E-state index in [-0.39, 0.29) is 17.5 Å². The lowest BCUT2D eigenvalue weighted by Crippen LogP contribution is -2.36. The Labute approximate surface area is 186 Å². The lowest BCUT2D eigenvalue weighted by molar-refractivity contribution is -0.115. The number of morpholine rings is 1. The van der Waals surface area contributed by atoms with Gasteiger partial charge in [-0.3, -0.25) is 9.59 Å². The molecule has 2 heterocycles. The molecular weight excluding hydrogens is 447 g/mol. The van der Waals surface area contributed by atoms with Gasteiger partial charge in [-0.1, -0.05) is 34.5 Å². The molecule has 10 heteroatoms. The molecular formula is C20H18Cl2N4O3S. The van der Waals surface area contributed by atoms with Gasteiger partial charge in [-0.05, 0) is 36.4 Å². The lowest BCUT2D eigenvalue weighted by Gasteiger charge is -2.25. The Balaban J connectivity index is 1.36. The first-order chi connectivity index (χ1) is 14.5. The zero-order valence-electron chi connectivity index (χ0n) is 15.8. The predicted molar refractivity (Wildman–Crippen MR) is 120 cm³/mol. The third-order valence-electron chi connectivity index (χ3n) is 4.53. The number of carbonyl (C=O) groups excluding carboxylic acids is 2. The molecule has 0 unspecified atom stereocenters. The molecule has 0 bridgehead atoms. The second-order valence-electron chi connectivity index (χ2n) is 6.64. The van der Waals surface area contributed by atoms with Crippen molar-refractivity contribution in [1.29, 1.82) is 0 Å². The molecule has 1 fully saturated rings. The van der Waals surface area contributed by atoms with Crippen molar-refractivity contribution in [1.82, 2.24) is 10.3 Å². The van der Waals surface area contributed by atoms with Gasteiger partial charge in [0, 0.05) is 24.3 Å². The van der Waals surface area contributed by atoms with Crippen LogP contribution in [0.4, 0.5) is 10.8 Å². The average Bonchev–Trinajstić information content (AvgIpc) is 3.18. The number of rotatable bonds is 5. The van der Waals surface area contributed by atoms with Crippen LogP contribution in [0, 0.1) is 0 Å². The maximum atomic E-state index is 12.3. The first-order valence-electron chi connectivity index (χ1n) is 9.26. The minimum absolute atomic E-state index is 0.168. The fraction of sp³-hybridized carbons (Fsp3) is 0.250. The fourth-order valence-corrected chi connectivity index (χ4v) is 4.34. The summed E-state index contributed by atoms with van der Waals surface area (Å²) >= 11 is 13.4. The number of aromatic nitrogens is 1. The molecule has 156 valence electrons. The van der Waals surface area contributed by atoms with E-state index in [1.807, 2.05) is 12.1 Å². The number of hydrogen-bond donors (Lipinski definition) is 2. The summed E-state index contributed by atoms with van der Waals surface area (Å²) in [4.78, 5) is 31.3. The van der Waals surface area contributed by atoms with Crippen LogP contribution in [0.3, 0.4) is 0 Å². The number of benzene rings is 2. The largest absolute Gasteiger partial charge is 0.378 e. The van der Waals surface area contributed by atoms with E-state index in [2.05, 4.69) is 20.5 Å². The molecule has 1 saturated heterocycles. The number of carbonyl (C=O) groups is 2. The molecule has 0 radical (unpaired) electrons. The smallest absolute Gasteiger partial charge is 0.251 e. The number of fused-ring (bicyclic) bond motifs is 1. The summed E-state index contributed by atoms with van der Waals surface area (Å²) < 4.78 is 6.36. The van der Waals surface area contributed by atoms with Crippen LogP contribution in [-0.4, -0.2) is 49.6 Å². The number of nitrogens with one attached hydrogen (secondary N) is 2. The lowest BCUT2D eigenvalue weighted by atomic mass is 10.2. The van der Waals surface area contributed by atoms with Crippen molar-refractivity contribution in [2.45, 2.75) is 0 Å². The third kappa shape index (κ3) is 4.84. The Hall–Kier alpha value is -2.39. The summed E-state index contributed by atoms with van der Waals surface area (Å²) in [5, 5.41) is 6.96. The van der Waals surface area contributed by atoms with Crippen LogP contribution < -0.4 is 15.5 Å². The molecule has 0 saturated carbocycles. The van der Waals surface area contributed by atoms with Crippen LogP contribution in [0.5, 0.6) is 0 Å². The van der Waals surface area contributed by atoms with Crippen LogP contribution in [-0.2, 0) is 9.53 Å². The summed E-state index contributed by atoms with van der Waals surface area (Å²) in [6.07, 6.45) is 0. The number of amides is 2. The Morgan fingerprint density at radius 2 is 1.90 bits per heavy atom. The van der Waals surface area contributed by atoms with E-state index in [0.717, 1.165) is 28.4 Å². The van der Waals surface area contributed by atoms with Gasteiger partial charge < -0.3 is 20.3 Å². The maximum absolute atomic E-state index is 12.3. The van der Waals surface area contributed by atoms with E-state index in [9.17, 15) is 9.59 Å². The van der Waals surface area contributed by atoms with Crippen molar-refractivity contribution in [2.75, 3.05) is 43.1 Å². The van der Waals surface area contributed by atoms with Crippen LogP contribution >= 0.6 is 34.5 Å². The van der Waals surface area contributed by atoms with Gasteiger partial charge in [0.25, 0.3) is 5.91 Å². The molecule has 2 amide bonds. The topological polar surface area (TPSA) is 83.6 Å². The van der Waals surface area contributed by atoms with E-state index in [1.165, 1.54) is 12.1 Å². The number of halogens is 2. The standard InChI is InChI=1S/C20H18Cl2N4O3S/c21-14-3-1-12(9-15(14)22)19(28)23-11-18(27)24-13-2-4-16-17(10-13)30-20(25-16)26-5-7-29-8-6-26/h1-4,9-10H,5-8,11H2,(H,23,28)(H,24,27). The van der Waals surface area contributed by atoms with Crippen molar-refractivity contribution >= 4 is 67.4 Å². The van der Waals surface area contributed by atoms with Crippen LogP contribution in [0.1, 0.15) is 10.4 Å². The van der Waals surface area contributed by atoms with Crippen LogP contribution in [0.2, 0.25) is 10.0 Å². The van der Waals surface area contributed by atoms with E-state index >= 15 is 0 Å². The van der Waals surface area contributed by atoms with Crippen molar-refractivity contribution < 1.29 is 14.3 Å². The average molecular weight is 465 g/mol. The maximum Gasteiger partial charge on any atom is 0.251 e. The molecule has 4 rings (SSSR count). The third-order valence-corrected chi connectivity index (χ3v) is 6.35. The van der Waals surface area contributed by atoms with Gasteiger partial charge >= 0.3 is 0 Å². The van der Waals surface area contributed by atoms with Gasteiger partial charge in [0.1, 0.15) is 0 Å². The SMILES string of the molecule is O=C(CNC(=O)c1ccc(Cl)c(Cl)c1)Nc1ccc2nc(N3CCOCC3)sc2c1. The quantitative estimate of drug-likeness (QED) is 0.599. The van der Waals surface area contributed by atoms with Crippen molar-refractivity contribution in [2.24, 2.45) is 0 Å². The number of hydrogen-bond acceptors (Lipinski definition) is 6. The van der Waals surface area contributed by atoms with Gasteiger partial charge in [0.2, 0.25) is 5.91 Å². The summed E-state index contributed by atoms with van der Waals surface area (Å²) in [5.74, 6) is -0.738.